The maximum Gasteiger partial charge on any atom is -0.0289 e. The molecule has 0 heteroatoms. The van der Waals surface area contributed by atoms with E-state index in [4.69, 9.17) is 0 Å². The average Bonchev–Trinajstić information content (AvgIpc) is 2.21. The zero-order chi connectivity index (χ0) is 7.14. The Bertz CT molecular complexity index is 140. The minimum Gasteiger partial charge on any atom is -0.0704 e. The summed E-state index contributed by atoms with van der Waals surface area (Å²) >= 11 is 0. The van der Waals surface area contributed by atoms with Crippen LogP contribution < -0.4 is 0 Å². The van der Waals surface area contributed by atoms with Crippen molar-refractivity contribution in [3.05, 3.63) is 11.1 Å². The highest BCUT2D eigenvalue weighted by Gasteiger charge is 2.27. The smallest absolute Gasteiger partial charge is 0.0289 e. The van der Waals surface area contributed by atoms with E-state index in [0.717, 1.165) is 11.8 Å². The van der Waals surface area contributed by atoms with Gasteiger partial charge in [0.25, 0.3) is 0 Å². The molecular formula is C10H16. The molecule has 0 fully saturated rings. The molecule has 2 aliphatic rings. The van der Waals surface area contributed by atoms with E-state index in [1.165, 1.54) is 25.7 Å². The van der Waals surface area contributed by atoms with Crippen molar-refractivity contribution >= 4 is 0 Å². The lowest BCUT2D eigenvalue weighted by Gasteiger charge is -2.07. The molecular weight excluding hydrogens is 120 g/mol. The van der Waals surface area contributed by atoms with Crippen LogP contribution in [0.2, 0.25) is 0 Å². The molecule has 2 aliphatic carbocycles. The monoisotopic (exact) mass is 136 g/mol. The van der Waals surface area contributed by atoms with Crippen LogP contribution in [0.15, 0.2) is 11.1 Å². The van der Waals surface area contributed by atoms with Crippen LogP contribution in [-0.4, -0.2) is 0 Å². The number of allylic oxidation sites excluding steroid dienone is 2. The summed E-state index contributed by atoms with van der Waals surface area (Å²) < 4.78 is 0. The Morgan fingerprint density at radius 2 is 1.10 bits per heavy atom. The second-order valence-corrected chi connectivity index (χ2v) is 4.23. The van der Waals surface area contributed by atoms with Crippen molar-refractivity contribution in [2.75, 3.05) is 0 Å². The summed E-state index contributed by atoms with van der Waals surface area (Å²) in [6.07, 6.45) is 5.67. The predicted octanol–water partition coefficient (Wildman–Crippen LogP) is 3.14. The van der Waals surface area contributed by atoms with Gasteiger partial charge in [-0.15, -0.1) is 0 Å². The van der Waals surface area contributed by atoms with Gasteiger partial charge in [0.05, 0.1) is 0 Å². The first-order chi connectivity index (χ1) is 4.75. The Morgan fingerprint density at radius 3 is 1.40 bits per heavy atom. The van der Waals surface area contributed by atoms with E-state index in [0.29, 0.717) is 0 Å². The quantitative estimate of drug-likeness (QED) is 0.449. The molecule has 0 saturated heterocycles. The highest BCUT2D eigenvalue weighted by Crippen LogP contribution is 2.43. The lowest BCUT2D eigenvalue weighted by atomic mass is 9.98. The first-order valence-electron chi connectivity index (χ1n) is 4.45. The van der Waals surface area contributed by atoms with Crippen LogP contribution in [-0.2, 0) is 0 Å². The Labute approximate surface area is 63.3 Å². The predicted molar refractivity (Wildman–Crippen MR) is 43.8 cm³/mol. The molecule has 10 heavy (non-hydrogen) atoms. The van der Waals surface area contributed by atoms with Crippen LogP contribution in [0.4, 0.5) is 0 Å². The Balaban J connectivity index is 2.09. The van der Waals surface area contributed by atoms with E-state index in [1.54, 1.807) is 0 Å². The van der Waals surface area contributed by atoms with Gasteiger partial charge in [-0.3, -0.25) is 0 Å². The highest BCUT2D eigenvalue weighted by atomic mass is 14.3. The van der Waals surface area contributed by atoms with Crippen molar-refractivity contribution in [1.82, 2.24) is 0 Å². The molecule has 0 bridgehead atoms. The maximum atomic E-state index is 2.38. The molecule has 0 aromatic heterocycles. The molecule has 0 aliphatic heterocycles. The molecule has 2 rings (SSSR count). The fraction of sp³-hybridized carbons (Fsp3) is 0.800. The molecule has 0 amide bonds. The molecule has 0 aromatic carbocycles. The molecule has 0 saturated carbocycles. The van der Waals surface area contributed by atoms with Gasteiger partial charge in [-0.25, -0.2) is 0 Å². The fourth-order valence-corrected chi connectivity index (χ4v) is 2.57. The van der Waals surface area contributed by atoms with Crippen molar-refractivity contribution in [2.24, 2.45) is 11.8 Å². The van der Waals surface area contributed by atoms with Gasteiger partial charge < -0.3 is 0 Å². The van der Waals surface area contributed by atoms with Gasteiger partial charge in [-0.05, 0) is 37.5 Å². The summed E-state index contributed by atoms with van der Waals surface area (Å²) in [6, 6.07) is 0. The van der Waals surface area contributed by atoms with Crippen LogP contribution in [0, 0.1) is 11.8 Å². The topological polar surface area (TPSA) is 0 Å². The first-order valence-corrected chi connectivity index (χ1v) is 4.45. The highest BCUT2D eigenvalue weighted by molar-refractivity contribution is 5.26. The van der Waals surface area contributed by atoms with Gasteiger partial charge in [0.15, 0.2) is 0 Å². The molecule has 0 nitrogen and oxygen atoms in total. The van der Waals surface area contributed by atoms with Gasteiger partial charge in [0.1, 0.15) is 0 Å². The largest absolute Gasteiger partial charge is 0.0704 e. The van der Waals surface area contributed by atoms with Gasteiger partial charge in [0.2, 0.25) is 0 Å². The Morgan fingerprint density at radius 1 is 0.800 bits per heavy atom. The summed E-state index contributed by atoms with van der Waals surface area (Å²) in [6.45, 7) is 4.76. The minimum absolute atomic E-state index is 0.970. The average molecular weight is 136 g/mol. The SMILES string of the molecule is CC1CC2=C(C1)CC(C)C2. The van der Waals surface area contributed by atoms with Crippen LogP contribution in [0.25, 0.3) is 0 Å². The van der Waals surface area contributed by atoms with Gasteiger partial charge in [0, 0.05) is 0 Å². The van der Waals surface area contributed by atoms with Crippen molar-refractivity contribution in [3.8, 4) is 0 Å². The van der Waals surface area contributed by atoms with E-state index in [2.05, 4.69) is 13.8 Å². The normalized spacial score (nSPS) is 28.2. The number of rotatable bonds is 0. The second kappa shape index (κ2) is 2.11. The standard InChI is InChI=1S/C10H16/c1-7-3-9-5-8(2)6-10(9)4-7/h7-8H,3-6H2,1-2H3. The summed E-state index contributed by atoms with van der Waals surface area (Å²) in [4.78, 5) is 0. The van der Waals surface area contributed by atoms with Crippen molar-refractivity contribution in [1.29, 1.82) is 0 Å². The number of hydrogen-bond donors (Lipinski definition) is 0. The minimum atomic E-state index is 0.970. The zero-order valence-electron chi connectivity index (χ0n) is 6.98. The van der Waals surface area contributed by atoms with Gasteiger partial charge >= 0.3 is 0 Å². The summed E-state index contributed by atoms with van der Waals surface area (Å²) in [7, 11) is 0. The van der Waals surface area contributed by atoms with Crippen LogP contribution >= 0.6 is 0 Å². The first kappa shape index (κ1) is 6.45. The molecule has 0 radical (unpaired) electrons. The van der Waals surface area contributed by atoms with Crippen LogP contribution in [0.3, 0.4) is 0 Å². The maximum absolute atomic E-state index is 2.38. The molecule has 0 aromatic rings. The lowest BCUT2D eigenvalue weighted by molar-refractivity contribution is 0.531. The third-order valence-electron chi connectivity index (χ3n) is 2.88. The molecule has 0 spiro atoms. The third kappa shape index (κ3) is 0.902. The fourth-order valence-electron chi connectivity index (χ4n) is 2.57. The van der Waals surface area contributed by atoms with Gasteiger partial charge in [-0.1, -0.05) is 25.0 Å². The third-order valence-corrected chi connectivity index (χ3v) is 2.88. The summed E-state index contributed by atoms with van der Waals surface area (Å²) in [5.74, 6) is 1.94. The summed E-state index contributed by atoms with van der Waals surface area (Å²) in [5, 5.41) is 0. The van der Waals surface area contributed by atoms with Crippen LogP contribution in [0.5, 0.6) is 0 Å². The molecule has 56 valence electrons. The second-order valence-electron chi connectivity index (χ2n) is 4.23. The van der Waals surface area contributed by atoms with Gasteiger partial charge in [-0.2, -0.15) is 0 Å². The van der Waals surface area contributed by atoms with Crippen LogP contribution in [0.1, 0.15) is 39.5 Å². The summed E-state index contributed by atoms with van der Waals surface area (Å²) in [5.41, 5.74) is 3.64. The Hall–Kier alpha value is -0.260. The molecule has 0 N–H and O–H groups in total. The Kier molecular flexibility index (Phi) is 1.36. The van der Waals surface area contributed by atoms with E-state index >= 15 is 0 Å². The van der Waals surface area contributed by atoms with Crippen molar-refractivity contribution in [3.63, 3.8) is 0 Å². The van der Waals surface area contributed by atoms with E-state index < -0.39 is 0 Å². The zero-order valence-corrected chi connectivity index (χ0v) is 6.98. The molecule has 0 unspecified atom stereocenters. The lowest BCUT2D eigenvalue weighted by Crippen LogP contribution is -1.94. The van der Waals surface area contributed by atoms with Crippen molar-refractivity contribution in [2.45, 2.75) is 39.5 Å². The number of hydrogen-bond acceptors (Lipinski definition) is 0. The van der Waals surface area contributed by atoms with E-state index in [9.17, 15) is 0 Å². The van der Waals surface area contributed by atoms with E-state index in [1.807, 2.05) is 11.1 Å². The van der Waals surface area contributed by atoms with Crippen molar-refractivity contribution < 1.29 is 0 Å². The van der Waals surface area contributed by atoms with E-state index in [-0.39, 0.29) is 0 Å². The molecule has 0 atom stereocenters. The molecule has 0 heterocycles.